The molecule has 198 valence electrons. The number of aromatic nitrogens is 4. The van der Waals surface area contributed by atoms with Crippen molar-refractivity contribution in [3.63, 3.8) is 0 Å². The van der Waals surface area contributed by atoms with E-state index in [-0.39, 0.29) is 17.9 Å². The number of pyridine rings is 2. The minimum absolute atomic E-state index is 0.0848. The average molecular weight is 521 g/mol. The van der Waals surface area contributed by atoms with E-state index in [0.717, 1.165) is 6.07 Å². The number of nitrogens with zero attached hydrogens (tertiary/aromatic N) is 6. The normalized spacial score (nSPS) is 14.7. The summed E-state index contributed by atoms with van der Waals surface area (Å²) in [5.74, 6) is -0.507. The standard InChI is InChI=1S/C24H27F3N6O4/c1-15-13-29-16-12-18(31-8-10-32(11-9-31)22(35)37-23(2,3)4)21(34)33(20(16)30-15)14-17-19(6-5-7-28-17)36-24(25,26)27/h5-7,12-13H,8-11,14H2,1-4H3. The van der Waals surface area contributed by atoms with Gasteiger partial charge in [0, 0.05) is 38.6 Å². The molecule has 0 radical (unpaired) electrons. The summed E-state index contributed by atoms with van der Waals surface area (Å²) in [4.78, 5) is 42.3. The number of carbonyl (C=O) groups excluding carboxylic acids is 1. The van der Waals surface area contributed by atoms with Crippen LogP contribution in [0.4, 0.5) is 23.7 Å². The van der Waals surface area contributed by atoms with Gasteiger partial charge >= 0.3 is 12.5 Å². The van der Waals surface area contributed by atoms with Crippen LogP contribution in [0.1, 0.15) is 32.2 Å². The number of piperazine rings is 1. The molecule has 0 atom stereocenters. The molecule has 3 aromatic rings. The number of alkyl halides is 3. The monoisotopic (exact) mass is 520 g/mol. The zero-order valence-corrected chi connectivity index (χ0v) is 20.9. The number of ether oxygens (including phenoxy) is 2. The van der Waals surface area contributed by atoms with Gasteiger partial charge in [0.25, 0.3) is 5.56 Å². The zero-order valence-electron chi connectivity index (χ0n) is 20.9. The number of hydrogen-bond donors (Lipinski definition) is 0. The Hall–Kier alpha value is -3.90. The first kappa shape index (κ1) is 26.2. The van der Waals surface area contributed by atoms with Crippen molar-refractivity contribution < 1.29 is 27.4 Å². The van der Waals surface area contributed by atoms with Crippen LogP contribution in [0.2, 0.25) is 0 Å². The molecule has 1 saturated heterocycles. The molecule has 0 saturated carbocycles. The van der Waals surface area contributed by atoms with Crippen LogP contribution in [-0.4, -0.2) is 68.7 Å². The third-order valence-electron chi connectivity index (χ3n) is 5.55. The molecule has 0 aromatic carbocycles. The Balaban J connectivity index is 1.68. The summed E-state index contributed by atoms with van der Waals surface area (Å²) in [6.07, 6.45) is -2.49. The van der Waals surface area contributed by atoms with Crippen LogP contribution >= 0.6 is 0 Å². The highest BCUT2D eigenvalue weighted by Crippen LogP contribution is 2.26. The maximum Gasteiger partial charge on any atom is 0.573 e. The summed E-state index contributed by atoms with van der Waals surface area (Å²) in [7, 11) is 0. The van der Waals surface area contributed by atoms with Crippen LogP contribution in [0.3, 0.4) is 0 Å². The molecule has 0 aliphatic carbocycles. The molecule has 0 N–H and O–H groups in total. The molecule has 1 aliphatic rings. The predicted octanol–water partition coefficient (Wildman–Crippen LogP) is 3.50. The first-order valence-electron chi connectivity index (χ1n) is 11.6. The van der Waals surface area contributed by atoms with Crippen LogP contribution in [0, 0.1) is 6.92 Å². The van der Waals surface area contributed by atoms with Crippen molar-refractivity contribution in [3.8, 4) is 5.75 Å². The van der Waals surface area contributed by atoms with Crippen LogP contribution < -0.4 is 15.2 Å². The fraction of sp³-hybridized carbons (Fsp3) is 0.458. The minimum atomic E-state index is -4.92. The molecule has 3 aromatic heterocycles. The zero-order chi connectivity index (χ0) is 27.0. The van der Waals surface area contributed by atoms with E-state index in [2.05, 4.69) is 19.7 Å². The van der Waals surface area contributed by atoms with E-state index in [1.165, 1.54) is 16.8 Å². The second-order valence-electron chi connectivity index (χ2n) is 9.59. The summed E-state index contributed by atoms with van der Waals surface area (Å²) < 4.78 is 49.6. The smallest absolute Gasteiger partial charge is 0.444 e. The first-order valence-corrected chi connectivity index (χ1v) is 11.6. The summed E-state index contributed by atoms with van der Waals surface area (Å²) >= 11 is 0. The lowest BCUT2D eigenvalue weighted by Gasteiger charge is -2.36. The SMILES string of the molecule is Cc1cnc2cc(N3CCN(C(=O)OC(C)(C)C)CC3)c(=O)n(Cc3ncccc3OC(F)(F)F)c2n1. The fourth-order valence-corrected chi connectivity index (χ4v) is 3.94. The number of carbonyl (C=O) groups is 1. The predicted molar refractivity (Wildman–Crippen MR) is 129 cm³/mol. The van der Waals surface area contributed by atoms with Crippen LogP contribution in [0.25, 0.3) is 11.2 Å². The molecule has 13 heteroatoms. The van der Waals surface area contributed by atoms with Crippen molar-refractivity contribution in [2.24, 2.45) is 0 Å². The Morgan fingerprint density at radius 2 is 1.81 bits per heavy atom. The first-order chi connectivity index (χ1) is 17.3. The van der Waals surface area contributed by atoms with Gasteiger partial charge < -0.3 is 19.3 Å². The maximum absolute atomic E-state index is 13.7. The molecular weight excluding hydrogens is 493 g/mol. The van der Waals surface area contributed by atoms with Crippen molar-refractivity contribution in [3.05, 3.63) is 52.3 Å². The average Bonchev–Trinajstić information content (AvgIpc) is 2.80. The van der Waals surface area contributed by atoms with Gasteiger partial charge in [-0.15, -0.1) is 13.2 Å². The molecule has 1 aliphatic heterocycles. The van der Waals surface area contributed by atoms with Gasteiger partial charge in [0.05, 0.1) is 12.2 Å². The van der Waals surface area contributed by atoms with Crippen molar-refractivity contribution in [2.75, 3.05) is 31.1 Å². The summed E-state index contributed by atoms with van der Waals surface area (Å²) in [5.41, 5.74) is 0.252. The number of fused-ring (bicyclic) bond motifs is 1. The lowest BCUT2D eigenvalue weighted by atomic mass is 10.2. The van der Waals surface area contributed by atoms with Gasteiger partial charge in [-0.3, -0.25) is 19.3 Å². The molecule has 10 nitrogen and oxygen atoms in total. The van der Waals surface area contributed by atoms with E-state index in [1.54, 1.807) is 44.9 Å². The maximum atomic E-state index is 13.7. The second-order valence-corrected chi connectivity index (χ2v) is 9.59. The highest BCUT2D eigenvalue weighted by atomic mass is 19.4. The van der Waals surface area contributed by atoms with Crippen molar-refractivity contribution >= 4 is 22.9 Å². The Morgan fingerprint density at radius 3 is 2.46 bits per heavy atom. The van der Waals surface area contributed by atoms with Gasteiger partial charge in [0.1, 0.15) is 22.5 Å². The molecule has 0 bridgehead atoms. The molecule has 1 fully saturated rings. The summed E-state index contributed by atoms with van der Waals surface area (Å²) in [6.45, 7) is 8.11. The molecule has 0 unspecified atom stereocenters. The molecule has 4 rings (SSSR count). The van der Waals surface area contributed by atoms with Gasteiger partial charge in [0.2, 0.25) is 0 Å². The number of amides is 1. The summed E-state index contributed by atoms with van der Waals surface area (Å²) in [5, 5.41) is 0. The number of hydrogen-bond acceptors (Lipinski definition) is 8. The van der Waals surface area contributed by atoms with Crippen LogP contribution in [-0.2, 0) is 11.3 Å². The second kappa shape index (κ2) is 9.87. The lowest BCUT2D eigenvalue weighted by molar-refractivity contribution is -0.275. The molecular formula is C24H27F3N6O4. The van der Waals surface area contributed by atoms with Gasteiger partial charge in [0.15, 0.2) is 11.4 Å². The molecule has 1 amide bonds. The highest BCUT2D eigenvalue weighted by molar-refractivity contribution is 5.75. The quantitative estimate of drug-likeness (QED) is 0.515. The van der Waals surface area contributed by atoms with Gasteiger partial charge in [-0.1, -0.05) is 0 Å². The third kappa shape index (κ3) is 6.27. The van der Waals surface area contributed by atoms with Crippen molar-refractivity contribution in [2.45, 2.75) is 46.2 Å². The topological polar surface area (TPSA) is 103 Å². The van der Waals surface area contributed by atoms with E-state index in [4.69, 9.17) is 4.74 Å². The van der Waals surface area contributed by atoms with Gasteiger partial charge in [-0.2, -0.15) is 0 Å². The highest BCUT2D eigenvalue weighted by Gasteiger charge is 2.33. The largest absolute Gasteiger partial charge is 0.573 e. The number of aryl methyl sites for hydroxylation is 1. The van der Waals surface area contributed by atoms with E-state index in [9.17, 15) is 22.8 Å². The number of halogens is 3. The van der Waals surface area contributed by atoms with Crippen LogP contribution in [0.5, 0.6) is 5.75 Å². The van der Waals surface area contributed by atoms with E-state index in [1.807, 2.05) is 4.90 Å². The van der Waals surface area contributed by atoms with Crippen molar-refractivity contribution in [1.82, 2.24) is 24.4 Å². The van der Waals surface area contributed by atoms with Crippen LogP contribution in [0.15, 0.2) is 35.4 Å². The van der Waals surface area contributed by atoms with E-state index < -0.39 is 29.4 Å². The molecule has 37 heavy (non-hydrogen) atoms. The Kier molecular flexibility index (Phi) is 6.98. The minimum Gasteiger partial charge on any atom is -0.444 e. The number of anilines is 1. The molecule has 4 heterocycles. The Bertz CT molecular complexity index is 1360. The van der Waals surface area contributed by atoms with E-state index in [0.29, 0.717) is 43.1 Å². The fourth-order valence-electron chi connectivity index (χ4n) is 3.94. The Morgan fingerprint density at radius 1 is 1.11 bits per heavy atom. The lowest BCUT2D eigenvalue weighted by Crippen LogP contribution is -2.51. The Labute approximate surface area is 210 Å². The van der Waals surface area contributed by atoms with E-state index >= 15 is 0 Å². The summed E-state index contributed by atoms with van der Waals surface area (Å²) in [6, 6.07) is 4.06. The molecule has 0 spiro atoms. The number of rotatable bonds is 4. The van der Waals surface area contributed by atoms with Gasteiger partial charge in [-0.05, 0) is 45.9 Å². The third-order valence-corrected chi connectivity index (χ3v) is 5.55. The van der Waals surface area contributed by atoms with Gasteiger partial charge in [-0.25, -0.2) is 9.78 Å². The van der Waals surface area contributed by atoms with Crippen molar-refractivity contribution in [1.29, 1.82) is 0 Å².